The zero-order valence-corrected chi connectivity index (χ0v) is 20.3. The van der Waals surface area contributed by atoms with Gasteiger partial charge in [-0.05, 0) is 49.3 Å². The number of anilines is 2. The van der Waals surface area contributed by atoms with Gasteiger partial charge in [0.05, 0.1) is 0 Å². The number of carbonyl (C=O) groups is 2. The van der Waals surface area contributed by atoms with Crippen LogP contribution in [-0.4, -0.2) is 25.2 Å². The summed E-state index contributed by atoms with van der Waals surface area (Å²) in [6, 6.07) is 5.14. The first-order chi connectivity index (χ1) is 14.9. The lowest BCUT2D eigenvalue weighted by molar-refractivity contribution is 0.248. The van der Waals surface area contributed by atoms with Gasteiger partial charge in [0.2, 0.25) is 0 Å². The van der Waals surface area contributed by atoms with Gasteiger partial charge in [0.25, 0.3) is 0 Å². The van der Waals surface area contributed by atoms with E-state index in [1.807, 2.05) is 19.1 Å². The molecule has 0 aliphatic carbocycles. The molecule has 0 saturated carbocycles. The predicted molar refractivity (Wildman–Crippen MR) is 139 cm³/mol. The van der Waals surface area contributed by atoms with Crippen LogP contribution < -0.4 is 21.3 Å². The van der Waals surface area contributed by atoms with E-state index >= 15 is 0 Å². The van der Waals surface area contributed by atoms with Gasteiger partial charge in [-0.1, -0.05) is 79.7 Å². The summed E-state index contributed by atoms with van der Waals surface area (Å²) >= 11 is 0. The standard InChI is InChI=1S/C25H44N4O2.CH4/c1-6-10-12-20(8-3)17-26-24(30)28-22-15-14-19(5)23(16-22)29-25(31)27-18-21(9-4)13-11-7-2;/h14-16,20-21H,6-13,17-18H2,1-5H3,(H2,26,28,30)(H2,27,29,31);1H4. The fourth-order valence-corrected chi connectivity index (χ4v) is 3.54. The molecule has 0 fully saturated rings. The molecule has 0 radical (unpaired) electrons. The summed E-state index contributed by atoms with van der Waals surface area (Å²) in [5, 5.41) is 11.8. The second kappa shape index (κ2) is 17.3. The molecule has 4 amide bonds. The molecule has 1 aromatic carbocycles. The molecule has 6 heteroatoms. The Hall–Kier alpha value is -2.24. The molecule has 4 N–H and O–H groups in total. The van der Waals surface area contributed by atoms with Crippen molar-refractivity contribution in [2.75, 3.05) is 23.7 Å². The number of carbonyl (C=O) groups excluding carboxylic acids is 2. The fourth-order valence-electron chi connectivity index (χ4n) is 3.54. The highest BCUT2D eigenvalue weighted by Gasteiger charge is 2.11. The fraction of sp³-hybridized carbons (Fsp3) is 0.692. The third-order valence-corrected chi connectivity index (χ3v) is 5.93. The summed E-state index contributed by atoms with van der Waals surface area (Å²) in [7, 11) is 0. The van der Waals surface area contributed by atoms with E-state index in [0.29, 0.717) is 36.3 Å². The first-order valence-corrected chi connectivity index (χ1v) is 12.1. The Morgan fingerprint density at radius 2 is 1.31 bits per heavy atom. The Morgan fingerprint density at radius 1 is 0.812 bits per heavy atom. The van der Waals surface area contributed by atoms with Crippen LogP contribution in [0.5, 0.6) is 0 Å². The van der Waals surface area contributed by atoms with Crippen LogP contribution in [0, 0.1) is 18.8 Å². The lowest BCUT2D eigenvalue weighted by Gasteiger charge is -2.17. The maximum absolute atomic E-state index is 12.4. The molecule has 2 atom stereocenters. The van der Waals surface area contributed by atoms with E-state index in [1.54, 1.807) is 6.07 Å². The normalized spacial score (nSPS) is 12.3. The minimum Gasteiger partial charge on any atom is -0.338 e. The number of hydrogen-bond acceptors (Lipinski definition) is 2. The van der Waals surface area contributed by atoms with Crippen LogP contribution >= 0.6 is 0 Å². The van der Waals surface area contributed by atoms with Gasteiger partial charge in [-0.25, -0.2) is 9.59 Å². The lowest BCUT2D eigenvalue weighted by Crippen LogP contribution is -2.33. The minimum absolute atomic E-state index is 0. The molecule has 0 bridgehead atoms. The zero-order valence-electron chi connectivity index (χ0n) is 20.3. The molecule has 2 unspecified atom stereocenters. The van der Waals surface area contributed by atoms with Gasteiger partial charge < -0.3 is 21.3 Å². The summed E-state index contributed by atoms with van der Waals surface area (Å²) in [4.78, 5) is 24.7. The Labute approximate surface area is 196 Å². The van der Waals surface area contributed by atoms with Gasteiger partial charge in [0.1, 0.15) is 0 Å². The molecule has 0 spiro atoms. The second-order valence-corrected chi connectivity index (χ2v) is 8.53. The number of amides is 4. The first kappa shape index (κ1) is 29.8. The van der Waals surface area contributed by atoms with Crippen LogP contribution in [0.1, 0.15) is 92.1 Å². The Bertz CT molecular complexity index is 663. The second-order valence-electron chi connectivity index (χ2n) is 8.53. The van der Waals surface area contributed by atoms with E-state index < -0.39 is 0 Å². The van der Waals surface area contributed by atoms with Crippen molar-refractivity contribution < 1.29 is 9.59 Å². The molecule has 32 heavy (non-hydrogen) atoms. The number of aryl methyl sites for hydroxylation is 1. The largest absolute Gasteiger partial charge is 0.338 e. The number of nitrogens with one attached hydrogen (secondary N) is 4. The summed E-state index contributed by atoms with van der Waals surface area (Å²) in [6.07, 6.45) is 9.12. The molecule has 0 heterocycles. The van der Waals surface area contributed by atoms with E-state index in [1.165, 1.54) is 25.7 Å². The molecule has 0 aromatic heterocycles. The van der Waals surface area contributed by atoms with Gasteiger partial charge in [-0.2, -0.15) is 0 Å². The maximum Gasteiger partial charge on any atom is 0.319 e. The van der Waals surface area contributed by atoms with Crippen molar-refractivity contribution in [3.63, 3.8) is 0 Å². The van der Waals surface area contributed by atoms with E-state index in [9.17, 15) is 9.59 Å². The van der Waals surface area contributed by atoms with Gasteiger partial charge in [0.15, 0.2) is 0 Å². The quantitative estimate of drug-likeness (QED) is 0.241. The monoisotopic (exact) mass is 448 g/mol. The van der Waals surface area contributed by atoms with Crippen LogP contribution in [-0.2, 0) is 0 Å². The maximum atomic E-state index is 12.4. The minimum atomic E-state index is -0.212. The molecular weight excluding hydrogens is 400 g/mol. The summed E-state index contributed by atoms with van der Waals surface area (Å²) in [5.74, 6) is 1.02. The highest BCUT2D eigenvalue weighted by atomic mass is 16.2. The third-order valence-electron chi connectivity index (χ3n) is 5.93. The number of benzene rings is 1. The van der Waals surface area contributed by atoms with Crippen LogP contribution in [0.3, 0.4) is 0 Å². The third kappa shape index (κ3) is 12.0. The average Bonchev–Trinajstić information content (AvgIpc) is 2.76. The number of hydrogen-bond donors (Lipinski definition) is 4. The zero-order chi connectivity index (χ0) is 23.1. The molecule has 0 saturated heterocycles. The van der Waals surface area contributed by atoms with Crippen molar-refractivity contribution in [3.8, 4) is 0 Å². The summed E-state index contributed by atoms with van der Waals surface area (Å²) in [5.41, 5.74) is 2.31. The van der Waals surface area contributed by atoms with Crippen molar-refractivity contribution in [1.82, 2.24) is 10.6 Å². The van der Waals surface area contributed by atoms with Crippen LogP contribution in [0.25, 0.3) is 0 Å². The molecule has 184 valence electrons. The summed E-state index contributed by atoms with van der Waals surface area (Å²) in [6.45, 7) is 12.0. The van der Waals surface area contributed by atoms with Crippen molar-refractivity contribution in [2.24, 2.45) is 11.8 Å². The number of unbranched alkanes of at least 4 members (excludes halogenated alkanes) is 2. The van der Waals surface area contributed by atoms with Crippen LogP contribution in [0.2, 0.25) is 0 Å². The van der Waals surface area contributed by atoms with Gasteiger partial charge >= 0.3 is 12.1 Å². The van der Waals surface area contributed by atoms with Crippen molar-refractivity contribution in [1.29, 1.82) is 0 Å². The molecular formula is C26H48N4O2. The predicted octanol–water partition coefficient (Wildman–Crippen LogP) is 7.31. The number of rotatable bonds is 14. The van der Waals surface area contributed by atoms with Crippen LogP contribution in [0.4, 0.5) is 21.0 Å². The highest BCUT2D eigenvalue weighted by Crippen LogP contribution is 2.20. The van der Waals surface area contributed by atoms with Crippen molar-refractivity contribution >= 4 is 23.4 Å². The topological polar surface area (TPSA) is 82.3 Å². The van der Waals surface area contributed by atoms with E-state index in [4.69, 9.17) is 0 Å². The molecule has 1 aromatic rings. The SMILES string of the molecule is C.CCCCC(CC)CNC(=O)Nc1ccc(C)c(NC(=O)NCC(CC)CCCC)c1. The lowest BCUT2D eigenvalue weighted by atomic mass is 9.99. The molecule has 0 aliphatic rings. The molecule has 0 aliphatic heterocycles. The van der Waals surface area contributed by atoms with Crippen molar-refractivity contribution in [3.05, 3.63) is 23.8 Å². The van der Waals surface area contributed by atoms with E-state index in [0.717, 1.165) is 31.2 Å². The summed E-state index contributed by atoms with van der Waals surface area (Å²) < 4.78 is 0. The van der Waals surface area contributed by atoms with E-state index in [2.05, 4.69) is 49.0 Å². The molecule has 6 nitrogen and oxygen atoms in total. The van der Waals surface area contributed by atoms with Gasteiger partial charge in [0, 0.05) is 24.5 Å². The highest BCUT2D eigenvalue weighted by molar-refractivity contribution is 5.93. The van der Waals surface area contributed by atoms with Crippen molar-refractivity contribution in [2.45, 2.75) is 93.4 Å². The van der Waals surface area contributed by atoms with Crippen LogP contribution in [0.15, 0.2) is 18.2 Å². The Kier molecular flexibility index (Phi) is 16.1. The Morgan fingerprint density at radius 3 is 1.78 bits per heavy atom. The Balaban J connectivity index is 0.00000961. The number of urea groups is 2. The average molecular weight is 449 g/mol. The van der Waals surface area contributed by atoms with E-state index in [-0.39, 0.29) is 19.5 Å². The smallest absolute Gasteiger partial charge is 0.319 e. The molecule has 1 rings (SSSR count). The van der Waals surface area contributed by atoms with Gasteiger partial charge in [-0.3, -0.25) is 0 Å². The first-order valence-electron chi connectivity index (χ1n) is 12.1. The van der Waals surface area contributed by atoms with Gasteiger partial charge in [-0.15, -0.1) is 0 Å².